The number of carboxylic acids is 2. The van der Waals surface area contributed by atoms with Crippen molar-refractivity contribution in [2.24, 2.45) is 33.7 Å². The quantitative estimate of drug-likeness (QED) is 0.0395. The van der Waals surface area contributed by atoms with E-state index in [0.717, 1.165) is 0 Å². The first-order chi connectivity index (χ1) is 17.8. The zero-order valence-corrected chi connectivity index (χ0v) is 21.1. The molecule has 0 aliphatic rings. The molecule has 0 bridgehead atoms. The highest BCUT2D eigenvalue weighted by Gasteiger charge is 2.31. The molecule has 0 aromatic carbocycles. The molecule has 17 nitrogen and oxygen atoms in total. The summed E-state index contributed by atoms with van der Waals surface area (Å²) in [5, 5.41) is 25.0. The monoisotopic (exact) mass is 545 g/mol. The van der Waals surface area contributed by atoms with Crippen molar-refractivity contribution in [1.29, 1.82) is 0 Å². The van der Waals surface area contributed by atoms with E-state index >= 15 is 0 Å². The van der Waals surface area contributed by atoms with Gasteiger partial charge in [0.15, 0.2) is 5.96 Å². The van der Waals surface area contributed by atoms with Gasteiger partial charge >= 0.3 is 11.9 Å². The number of guanidine groups is 1. The summed E-state index contributed by atoms with van der Waals surface area (Å²) in [6, 6.07) is -5.37. The number of nitrogens with one attached hydrogen (secondary N) is 3. The van der Waals surface area contributed by atoms with Crippen LogP contribution < -0.4 is 44.6 Å². The van der Waals surface area contributed by atoms with Gasteiger partial charge in [0.1, 0.15) is 18.1 Å². The van der Waals surface area contributed by atoms with Crippen LogP contribution in [0.3, 0.4) is 0 Å². The topological polar surface area (TPSA) is 321 Å². The summed E-state index contributed by atoms with van der Waals surface area (Å²) in [6.45, 7) is 0.579. The number of carboxylic acid groups (broad SMARTS) is 2. The average Bonchev–Trinajstić information content (AvgIpc) is 2.82. The molecule has 17 heteroatoms. The number of aliphatic carboxylic acids is 2. The normalized spacial score (nSPS) is 13.7. The lowest BCUT2D eigenvalue weighted by molar-refractivity contribution is -0.147. The maximum absolute atomic E-state index is 13.0. The Labute approximate surface area is 219 Å². The molecule has 216 valence electrons. The zero-order valence-electron chi connectivity index (χ0n) is 21.1. The van der Waals surface area contributed by atoms with E-state index < -0.39 is 66.2 Å². The lowest BCUT2D eigenvalue weighted by Gasteiger charge is -2.25. The molecule has 0 saturated heterocycles. The first kappa shape index (κ1) is 34.0. The van der Waals surface area contributed by atoms with Crippen LogP contribution in [0.1, 0.15) is 51.4 Å². The fourth-order valence-corrected chi connectivity index (χ4v) is 3.17. The summed E-state index contributed by atoms with van der Waals surface area (Å²) in [4.78, 5) is 75.6. The van der Waals surface area contributed by atoms with Gasteiger partial charge in [-0.25, -0.2) is 4.79 Å². The number of hydrogen-bond donors (Lipinski definition) is 10. The molecule has 0 radical (unpaired) electrons. The van der Waals surface area contributed by atoms with Gasteiger partial charge in [-0.2, -0.15) is 0 Å². The summed E-state index contributed by atoms with van der Waals surface area (Å²) in [5.74, 6) is -6.49. The molecule has 0 fully saturated rings. The third kappa shape index (κ3) is 15.2. The van der Waals surface area contributed by atoms with Crippen molar-refractivity contribution in [3.8, 4) is 0 Å². The summed E-state index contributed by atoms with van der Waals surface area (Å²) in [6.07, 6.45) is 0.140. The Morgan fingerprint density at radius 3 is 1.79 bits per heavy atom. The number of hydrogen-bond acceptors (Lipinski definition) is 9. The van der Waals surface area contributed by atoms with E-state index in [-0.39, 0.29) is 38.2 Å². The van der Waals surface area contributed by atoms with Gasteiger partial charge in [0.05, 0.1) is 12.5 Å². The second-order valence-electron chi connectivity index (χ2n) is 8.46. The van der Waals surface area contributed by atoms with E-state index in [2.05, 4.69) is 15.6 Å². The van der Waals surface area contributed by atoms with Crippen LogP contribution in [0.4, 0.5) is 0 Å². The summed E-state index contributed by atoms with van der Waals surface area (Å²) in [5.41, 5.74) is 27.0. The molecule has 0 heterocycles. The number of carbonyl (C=O) groups excluding carboxylic acids is 4. The Hall–Kier alpha value is -3.99. The van der Waals surface area contributed by atoms with E-state index in [0.29, 0.717) is 25.8 Å². The molecular weight excluding hydrogens is 506 g/mol. The molecule has 0 aromatic heterocycles. The Morgan fingerprint density at radius 2 is 1.29 bits per heavy atom. The Morgan fingerprint density at radius 1 is 0.737 bits per heavy atom. The minimum atomic E-state index is -1.79. The molecular formula is C21H39N9O8. The third-order valence-electron chi connectivity index (χ3n) is 5.19. The standard InChI is InChI=1S/C21H39N9O8/c22-8-2-1-5-12(28-17(34)11(23)4-3-9-27-21(25)26)18(35)29-13(6-7-15(24)31)19(36)30-14(20(37)38)10-16(32)33/h11-14H,1-10,22-23H2,(H2,24,31)(H,28,34)(H,29,35)(H,30,36)(H,32,33)(H,37,38)(H4,25,26,27). The first-order valence-corrected chi connectivity index (χ1v) is 11.9. The number of unbranched alkanes of at least 4 members (excludes halogenated alkanes) is 1. The van der Waals surface area contributed by atoms with Crippen molar-refractivity contribution < 1.29 is 39.0 Å². The summed E-state index contributed by atoms with van der Waals surface area (Å²) < 4.78 is 0. The number of amides is 4. The molecule has 38 heavy (non-hydrogen) atoms. The van der Waals surface area contributed by atoms with Crippen molar-refractivity contribution in [3.05, 3.63) is 0 Å². The van der Waals surface area contributed by atoms with Gasteiger partial charge in [-0.05, 0) is 45.1 Å². The highest BCUT2D eigenvalue weighted by molar-refractivity contribution is 5.94. The lowest BCUT2D eigenvalue weighted by Crippen LogP contribution is -2.57. The Balaban J connectivity index is 5.53. The van der Waals surface area contributed by atoms with Crippen LogP contribution in [0.5, 0.6) is 0 Å². The van der Waals surface area contributed by atoms with E-state index in [9.17, 15) is 33.9 Å². The molecule has 0 aromatic rings. The molecule has 4 unspecified atom stereocenters. The van der Waals surface area contributed by atoms with E-state index in [1.807, 2.05) is 5.32 Å². The number of nitrogens with zero attached hydrogens (tertiary/aromatic N) is 1. The summed E-state index contributed by atoms with van der Waals surface area (Å²) in [7, 11) is 0. The molecule has 4 amide bonds. The SMILES string of the molecule is NCCCCC(NC(=O)C(N)CCCN=C(N)N)C(=O)NC(CCC(N)=O)C(=O)NC(CC(=O)O)C(=O)O. The predicted molar refractivity (Wildman–Crippen MR) is 135 cm³/mol. The second-order valence-corrected chi connectivity index (χ2v) is 8.46. The van der Waals surface area contributed by atoms with E-state index in [4.69, 9.17) is 33.8 Å². The number of rotatable bonds is 20. The third-order valence-corrected chi connectivity index (χ3v) is 5.19. The van der Waals surface area contributed by atoms with Crippen molar-refractivity contribution >= 4 is 41.5 Å². The van der Waals surface area contributed by atoms with Crippen LogP contribution in [0, 0.1) is 0 Å². The van der Waals surface area contributed by atoms with Crippen LogP contribution in [-0.2, 0) is 28.8 Å². The Bertz CT molecular complexity index is 864. The van der Waals surface area contributed by atoms with Crippen molar-refractivity contribution in [1.82, 2.24) is 16.0 Å². The molecule has 0 aliphatic heterocycles. The molecule has 0 rings (SSSR count). The molecule has 0 spiro atoms. The Kier molecular flexibility index (Phi) is 16.4. The first-order valence-electron chi connectivity index (χ1n) is 11.9. The highest BCUT2D eigenvalue weighted by Crippen LogP contribution is 2.06. The molecule has 4 atom stereocenters. The predicted octanol–water partition coefficient (Wildman–Crippen LogP) is -4.22. The van der Waals surface area contributed by atoms with Crippen LogP contribution in [0.15, 0.2) is 4.99 Å². The number of nitrogens with two attached hydrogens (primary N) is 5. The van der Waals surface area contributed by atoms with Gasteiger partial charge < -0.3 is 54.8 Å². The van der Waals surface area contributed by atoms with Gasteiger partial charge in [-0.3, -0.25) is 29.0 Å². The van der Waals surface area contributed by atoms with Gasteiger partial charge in [0.2, 0.25) is 23.6 Å². The van der Waals surface area contributed by atoms with E-state index in [1.165, 1.54) is 0 Å². The van der Waals surface area contributed by atoms with Gasteiger partial charge in [-0.1, -0.05) is 0 Å². The van der Waals surface area contributed by atoms with Gasteiger partial charge in [0.25, 0.3) is 0 Å². The molecule has 0 saturated carbocycles. The van der Waals surface area contributed by atoms with Crippen LogP contribution in [-0.4, -0.2) is 89.0 Å². The summed E-state index contributed by atoms with van der Waals surface area (Å²) >= 11 is 0. The number of carbonyl (C=O) groups is 6. The highest BCUT2D eigenvalue weighted by atomic mass is 16.4. The minimum absolute atomic E-state index is 0.104. The molecule has 15 N–H and O–H groups in total. The fraction of sp³-hybridized carbons (Fsp3) is 0.667. The van der Waals surface area contributed by atoms with Crippen molar-refractivity contribution in [2.75, 3.05) is 13.1 Å². The smallest absolute Gasteiger partial charge is 0.326 e. The number of primary amides is 1. The lowest BCUT2D eigenvalue weighted by atomic mass is 10.0. The van der Waals surface area contributed by atoms with Crippen LogP contribution in [0.2, 0.25) is 0 Å². The molecule has 0 aliphatic carbocycles. The second kappa shape index (κ2) is 18.3. The van der Waals surface area contributed by atoms with Crippen molar-refractivity contribution in [2.45, 2.75) is 75.5 Å². The minimum Gasteiger partial charge on any atom is -0.481 e. The largest absolute Gasteiger partial charge is 0.481 e. The van der Waals surface area contributed by atoms with Crippen LogP contribution in [0.25, 0.3) is 0 Å². The maximum Gasteiger partial charge on any atom is 0.326 e. The van der Waals surface area contributed by atoms with Crippen molar-refractivity contribution in [3.63, 3.8) is 0 Å². The maximum atomic E-state index is 13.0. The number of aliphatic imine (C=N–C) groups is 1. The zero-order chi connectivity index (χ0) is 29.3. The van der Waals surface area contributed by atoms with Gasteiger partial charge in [0, 0.05) is 13.0 Å². The van der Waals surface area contributed by atoms with E-state index in [1.54, 1.807) is 0 Å². The fourth-order valence-electron chi connectivity index (χ4n) is 3.17. The van der Waals surface area contributed by atoms with Crippen LogP contribution >= 0.6 is 0 Å². The van der Waals surface area contributed by atoms with Gasteiger partial charge in [-0.15, -0.1) is 0 Å². The average molecular weight is 546 g/mol.